The number of hydrogen-bond donors (Lipinski definition) is 0. The second kappa shape index (κ2) is 7.90. The van der Waals surface area contributed by atoms with Gasteiger partial charge in [0.2, 0.25) is 0 Å². The summed E-state index contributed by atoms with van der Waals surface area (Å²) in [7, 11) is 0. The number of allylic oxidation sites excluding steroid dienone is 1. The number of esters is 1. The fourth-order valence-electron chi connectivity index (χ4n) is 7.81. The lowest BCUT2D eigenvalue weighted by atomic mass is 9.47. The van der Waals surface area contributed by atoms with Crippen LogP contribution >= 0.6 is 0 Å². The van der Waals surface area contributed by atoms with Gasteiger partial charge in [-0.1, -0.05) is 49.8 Å². The normalized spacial score (nSPS) is 39.2. The van der Waals surface area contributed by atoms with Gasteiger partial charge in [0.05, 0.1) is 0 Å². The SMILES string of the molecule is C[C@]12CCC3C(CCC4=CC(=O)CC[C@@]43C)C1CCC2OC(=O)CCc1ccccc1. The van der Waals surface area contributed by atoms with E-state index >= 15 is 0 Å². The Morgan fingerprint density at radius 2 is 1.81 bits per heavy atom. The molecule has 31 heavy (non-hydrogen) atoms. The predicted octanol–water partition coefficient (Wildman–Crippen LogP) is 6.06. The molecule has 3 heteroatoms. The molecule has 0 bridgehead atoms. The van der Waals surface area contributed by atoms with Crippen LogP contribution in [0.2, 0.25) is 0 Å². The molecule has 0 aliphatic heterocycles. The van der Waals surface area contributed by atoms with Crippen molar-refractivity contribution in [1.29, 1.82) is 0 Å². The van der Waals surface area contributed by atoms with E-state index in [1.54, 1.807) is 0 Å². The Hall–Kier alpha value is -1.90. The Morgan fingerprint density at radius 3 is 2.61 bits per heavy atom. The van der Waals surface area contributed by atoms with Crippen molar-refractivity contribution in [3.8, 4) is 0 Å². The van der Waals surface area contributed by atoms with Crippen LogP contribution in [0.15, 0.2) is 42.0 Å². The summed E-state index contributed by atoms with van der Waals surface area (Å²) < 4.78 is 6.14. The van der Waals surface area contributed by atoms with Gasteiger partial charge in [-0.2, -0.15) is 0 Å². The van der Waals surface area contributed by atoms with Gasteiger partial charge in [-0.3, -0.25) is 9.59 Å². The maximum atomic E-state index is 12.7. The molecule has 0 aromatic heterocycles. The standard InChI is InChI=1S/C28H36O3/c1-27-16-14-21(29)18-20(27)9-10-22-23-11-12-25(28(23,2)17-15-24(22)27)31-26(30)13-8-19-6-4-3-5-7-19/h3-7,18,22-25H,8-17H2,1-2H3/t22?,23?,24?,25?,27-,28-/m0/s1. The minimum Gasteiger partial charge on any atom is -0.462 e. The van der Waals surface area contributed by atoms with Crippen LogP contribution in [-0.2, 0) is 20.7 Å². The number of carbonyl (C=O) groups excluding carboxylic acids is 2. The van der Waals surface area contributed by atoms with Gasteiger partial charge in [0, 0.05) is 18.3 Å². The van der Waals surface area contributed by atoms with Crippen molar-refractivity contribution in [3.63, 3.8) is 0 Å². The molecule has 1 aromatic rings. The molecule has 3 saturated carbocycles. The van der Waals surface area contributed by atoms with E-state index in [1.807, 2.05) is 24.3 Å². The van der Waals surface area contributed by atoms with Crippen LogP contribution in [0.1, 0.15) is 77.2 Å². The fourth-order valence-corrected chi connectivity index (χ4v) is 7.81. The van der Waals surface area contributed by atoms with Gasteiger partial charge in [-0.05, 0) is 86.2 Å². The van der Waals surface area contributed by atoms with E-state index in [2.05, 4.69) is 26.0 Å². The van der Waals surface area contributed by atoms with Gasteiger partial charge in [0.25, 0.3) is 0 Å². The summed E-state index contributed by atoms with van der Waals surface area (Å²) in [6, 6.07) is 10.2. The van der Waals surface area contributed by atoms with Crippen LogP contribution in [0.4, 0.5) is 0 Å². The highest BCUT2D eigenvalue weighted by Crippen LogP contribution is 2.65. The van der Waals surface area contributed by atoms with Crippen LogP contribution in [0.3, 0.4) is 0 Å². The first-order valence-corrected chi connectivity index (χ1v) is 12.4. The second-order valence-corrected chi connectivity index (χ2v) is 11.1. The third kappa shape index (κ3) is 3.58. The molecular weight excluding hydrogens is 384 g/mol. The number of benzene rings is 1. The van der Waals surface area contributed by atoms with E-state index in [4.69, 9.17) is 4.74 Å². The number of fused-ring (bicyclic) bond motifs is 5. The monoisotopic (exact) mass is 420 g/mol. The lowest BCUT2D eigenvalue weighted by molar-refractivity contribution is -0.159. The highest BCUT2D eigenvalue weighted by atomic mass is 16.5. The molecule has 0 radical (unpaired) electrons. The van der Waals surface area contributed by atoms with E-state index in [-0.39, 0.29) is 22.9 Å². The largest absolute Gasteiger partial charge is 0.462 e. The summed E-state index contributed by atoms with van der Waals surface area (Å²) in [4.78, 5) is 24.7. The molecule has 0 saturated heterocycles. The summed E-state index contributed by atoms with van der Waals surface area (Å²) in [6.45, 7) is 4.83. The Morgan fingerprint density at radius 1 is 1.00 bits per heavy atom. The summed E-state index contributed by atoms with van der Waals surface area (Å²) in [6.07, 6.45) is 11.8. The Kier molecular flexibility index (Phi) is 5.35. The van der Waals surface area contributed by atoms with E-state index in [0.717, 1.165) is 32.1 Å². The van der Waals surface area contributed by atoms with Crippen LogP contribution in [0.5, 0.6) is 0 Å². The fraction of sp³-hybridized carbons (Fsp3) is 0.643. The van der Waals surface area contributed by atoms with Crippen molar-refractivity contribution in [3.05, 3.63) is 47.5 Å². The van der Waals surface area contributed by atoms with Crippen LogP contribution in [0.25, 0.3) is 0 Å². The molecule has 166 valence electrons. The third-order valence-corrected chi connectivity index (χ3v) is 9.61. The van der Waals surface area contributed by atoms with Crippen molar-refractivity contribution < 1.29 is 14.3 Å². The molecule has 0 heterocycles. The molecule has 1 aromatic carbocycles. The number of ketones is 1. The first kappa shape index (κ1) is 21.0. The Bertz CT molecular complexity index is 887. The second-order valence-electron chi connectivity index (χ2n) is 11.1. The van der Waals surface area contributed by atoms with E-state index < -0.39 is 0 Å². The molecule has 3 fully saturated rings. The van der Waals surface area contributed by atoms with Crippen LogP contribution in [0, 0.1) is 28.6 Å². The number of aryl methyl sites for hydroxylation is 1. The molecule has 0 amide bonds. The van der Waals surface area contributed by atoms with E-state index in [0.29, 0.717) is 36.4 Å². The van der Waals surface area contributed by atoms with Crippen molar-refractivity contribution >= 4 is 11.8 Å². The van der Waals surface area contributed by atoms with Gasteiger partial charge in [0.15, 0.2) is 5.78 Å². The highest BCUT2D eigenvalue weighted by molar-refractivity contribution is 5.91. The lowest BCUT2D eigenvalue weighted by Gasteiger charge is -2.57. The minimum atomic E-state index is -0.0375. The number of hydrogen-bond acceptors (Lipinski definition) is 3. The summed E-state index contributed by atoms with van der Waals surface area (Å²) in [5.74, 6) is 2.34. The smallest absolute Gasteiger partial charge is 0.306 e. The first-order chi connectivity index (χ1) is 14.9. The van der Waals surface area contributed by atoms with Crippen molar-refractivity contribution in [1.82, 2.24) is 0 Å². The predicted molar refractivity (Wildman–Crippen MR) is 121 cm³/mol. The maximum Gasteiger partial charge on any atom is 0.306 e. The molecule has 0 N–H and O–H groups in total. The van der Waals surface area contributed by atoms with E-state index in [1.165, 1.54) is 30.4 Å². The summed E-state index contributed by atoms with van der Waals surface area (Å²) >= 11 is 0. The minimum absolute atomic E-state index is 0.0375. The molecule has 4 aliphatic carbocycles. The average molecular weight is 421 g/mol. The van der Waals surface area contributed by atoms with Crippen molar-refractivity contribution in [2.24, 2.45) is 28.6 Å². The van der Waals surface area contributed by atoms with Gasteiger partial charge >= 0.3 is 5.97 Å². The molecule has 3 nitrogen and oxygen atoms in total. The van der Waals surface area contributed by atoms with Crippen LogP contribution in [-0.4, -0.2) is 17.9 Å². The average Bonchev–Trinajstić information content (AvgIpc) is 3.10. The van der Waals surface area contributed by atoms with Gasteiger partial charge < -0.3 is 4.74 Å². The third-order valence-electron chi connectivity index (χ3n) is 9.61. The zero-order valence-corrected chi connectivity index (χ0v) is 19.1. The van der Waals surface area contributed by atoms with Gasteiger partial charge in [0.1, 0.15) is 6.10 Å². The number of carbonyl (C=O) groups is 2. The zero-order chi connectivity index (χ0) is 21.6. The molecule has 0 spiro atoms. The van der Waals surface area contributed by atoms with Crippen LogP contribution < -0.4 is 0 Å². The molecular formula is C28H36O3. The maximum absolute atomic E-state index is 12.7. The topological polar surface area (TPSA) is 43.4 Å². The van der Waals surface area contributed by atoms with Gasteiger partial charge in [-0.15, -0.1) is 0 Å². The molecule has 6 atom stereocenters. The first-order valence-electron chi connectivity index (χ1n) is 12.4. The lowest BCUT2D eigenvalue weighted by Crippen LogP contribution is -2.51. The molecule has 4 aliphatic rings. The van der Waals surface area contributed by atoms with Crippen molar-refractivity contribution in [2.75, 3.05) is 0 Å². The van der Waals surface area contributed by atoms with Gasteiger partial charge in [-0.25, -0.2) is 0 Å². The Labute approximate surface area is 186 Å². The van der Waals surface area contributed by atoms with E-state index in [9.17, 15) is 9.59 Å². The van der Waals surface area contributed by atoms with Crippen molar-refractivity contribution in [2.45, 2.75) is 84.2 Å². The number of rotatable bonds is 4. The number of ether oxygens (including phenoxy) is 1. The summed E-state index contributed by atoms with van der Waals surface area (Å²) in [5, 5.41) is 0. The zero-order valence-electron chi connectivity index (χ0n) is 19.1. The Balaban J connectivity index is 1.26. The molecule has 5 rings (SSSR count). The quantitative estimate of drug-likeness (QED) is 0.556. The summed E-state index contributed by atoms with van der Waals surface area (Å²) in [5.41, 5.74) is 2.95. The highest BCUT2D eigenvalue weighted by Gasteiger charge is 2.59. The molecule has 4 unspecified atom stereocenters.